The van der Waals surface area contributed by atoms with Crippen LogP contribution in [0.1, 0.15) is 63.0 Å². The van der Waals surface area contributed by atoms with Crippen LogP contribution in [-0.4, -0.2) is 58.3 Å². The predicted molar refractivity (Wildman–Crippen MR) is 132 cm³/mol. The van der Waals surface area contributed by atoms with E-state index in [9.17, 15) is 9.59 Å². The molecule has 3 saturated heterocycles. The summed E-state index contributed by atoms with van der Waals surface area (Å²) in [7, 11) is 0. The Balaban J connectivity index is 1.08. The van der Waals surface area contributed by atoms with Crippen LogP contribution < -0.4 is 0 Å². The molecule has 8 heteroatoms. The smallest absolute Gasteiger partial charge is 0.410 e. The van der Waals surface area contributed by atoms with E-state index in [4.69, 9.17) is 14.0 Å². The highest BCUT2D eigenvalue weighted by molar-refractivity contribution is 5.77. The van der Waals surface area contributed by atoms with Crippen LogP contribution in [-0.2, 0) is 22.6 Å². The van der Waals surface area contributed by atoms with E-state index in [1.165, 1.54) is 0 Å². The second kappa shape index (κ2) is 8.54. The Morgan fingerprint density at radius 3 is 2.58 bits per heavy atom. The van der Waals surface area contributed by atoms with Gasteiger partial charge in [0.15, 0.2) is 0 Å². The SMILES string of the molecule is CC(C)(C)OC(=O)N1CC(Cc2cc([C@@H]3CC4(CC4)[C@@H]4CN3C(=O)N4OCc3ccccc3)co2)C1. The lowest BCUT2D eigenvalue weighted by atomic mass is 9.83. The van der Waals surface area contributed by atoms with E-state index in [0.717, 1.165) is 42.6 Å². The molecule has 8 nitrogen and oxygen atoms in total. The summed E-state index contributed by atoms with van der Waals surface area (Å²) in [4.78, 5) is 35.4. The molecule has 3 amide bonds. The molecular formula is C28H35N3O5. The van der Waals surface area contributed by atoms with Crippen LogP contribution in [0.2, 0.25) is 0 Å². The number of amides is 3. The standard InChI is InChI=1S/C28H35N3O5/c1-27(2,3)36-26(33)29-14-20(15-29)11-22-12-21(18-34-22)23-13-28(9-10-28)24-16-30(23)25(32)31(24)35-17-19-7-5-4-6-8-19/h4-8,12,18,20,23-24H,9-11,13-17H2,1-3H3/t23-,24-/m0/s1. The van der Waals surface area contributed by atoms with Gasteiger partial charge in [0.25, 0.3) is 0 Å². The summed E-state index contributed by atoms with van der Waals surface area (Å²) >= 11 is 0. The number of urea groups is 1. The zero-order valence-corrected chi connectivity index (χ0v) is 21.3. The molecule has 2 bridgehead atoms. The molecule has 4 aliphatic rings. The van der Waals surface area contributed by atoms with Crippen LogP contribution in [0.4, 0.5) is 9.59 Å². The molecule has 4 heterocycles. The fourth-order valence-corrected chi connectivity index (χ4v) is 5.93. The summed E-state index contributed by atoms with van der Waals surface area (Å²) in [5, 5.41) is 1.65. The predicted octanol–water partition coefficient (Wildman–Crippen LogP) is 5.15. The van der Waals surface area contributed by atoms with Crippen LogP contribution in [0.15, 0.2) is 47.1 Å². The van der Waals surface area contributed by atoms with E-state index in [2.05, 4.69) is 6.07 Å². The first-order chi connectivity index (χ1) is 17.2. The Morgan fingerprint density at radius 2 is 1.89 bits per heavy atom. The number of fused-ring (bicyclic) bond motifs is 3. The number of ether oxygens (including phenoxy) is 1. The van der Waals surface area contributed by atoms with Gasteiger partial charge < -0.3 is 19.0 Å². The van der Waals surface area contributed by atoms with Gasteiger partial charge in [-0.1, -0.05) is 30.3 Å². The van der Waals surface area contributed by atoms with Gasteiger partial charge in [0.05, 0.1) is 18.3 Å². The largest absolute Gasteiger partial charge is 0.469 e. The van der Waals surface area contributed by atoms with Crippen molar-refractivity contribution in [3.8, 4) is 0 Å². The third kappa shape index (κ3) is 4.36. The molecule has 2 aromatic rings. The quantitative estimate of drug-likeness (QED) is 0.556. The van der Waals surface area contributed by atoms with Crippen LogP contribution in [0.25, 0.3) is 0 Å². The Labute approximate surface area is 212 Å². The number of hydrogen-bond donors (Lipinski definition) is 0. The lowest BCUT2D eigenvalue weighted by Crippen LogP contribution is -2.52. The van der Waals surface area contributed by atoms with Gasteiger partial charge in [0, 0.05) is 37.5 Å². The van der Waals surface area contributed by atoms with Gasteiger partial charge in [-0.2, -0.15) is 5.06 Å². The molecule has 1 aliphatic carbocycles. The van der Waals surface area contributed by atoms with Crippen molar-refractivity contribution in [3.63, 3.8) is 0 Å². The van der Waals surface area contributed by atoms with Crippen molar-refractivity contribution >= 4 is 12.1 Å². The van der Waals surface area contributed by atoms with E-state index in [1.54, 1.807) is 9.96 Å². The second-order valence-electron chi connectivity index (χ2n) is 11.9. The maximum atomic E-state index is 13.4. The fraction of sp³-hybridized carbons (Fsp3) is 0.571. The second-order valence-corrected chi connectivity index (χ2v) is 11.9. The first-order valence-corrected chi connectivity index (χ1v) is 13.0. The van der Waals surface area contributed by atoms with E-state index >= 15 is 0 Å². The summed E-state index contributed by atoms with van der Waals surface area (Å²) in [6.07, 6.45) is 5.56. The maximum absolute atomic E-state index is 13.4. The molecule has 0 radical (unpaired) electrons. The Bertz CT molecular complexity index is 1130. The van der Waals surface area contributed by atoms with Gasteiger partial charge in [-0.05, 0) is 57.1 Å². The van der Waals surface area contributed by atoms with Crippen molar-refractivity contribution in [1.82, 2.24) is 14.9 Å². The monoisotopic (exact) mass is 493 g/mol. The number of hydrogen-bond acceptors (Lipinski definition) is 5. The number of piperidine rings is 1. The van der Waals surface area contributed by atoms with Crippen LogP contribution in [0.5, 0.6) is 0 Å². The summed E-state index contributed by atoms with van der Waals surface area (Å²) in [5.74, 6) is 1.27. The topological polar surface area (TPSA) is 75.5 Å². The Kier molecular flexibility index (Phi) is 5.55. The zero-order chi connectivity index (χ0) is 25.1. The number of benzene rings is 1. The molecule has 6 rings (SSSR count). The van der Waals surface area contributed by atoms with E-state index in [0.29, 0.717) is 32.2 Å². The molecule has 1 aromatic carbocycles. The van der Waals surface area contributed by atoms with Gasteiger partial charge in [-0.15, -0.1) is 0 Å². The molecule has 2 atom stereocenters. The fourth-order valence-electron chi connectivity index (χ4n) is 5.93. The number of carbonyl (C=O) groups is 2. The first kappa shape index (κ1) is 23.4. The third-order valence-corrected chi connectivity index (χ3v) is 8.03. The minimum Gasteiger partial charge on any atom is -0.469 e. The Hall–Kier alpha value is -3.00. The average molecular weight is 494 g/mol. The number of rotatable bonds is 6. The number of furan rings is 1. The van der Waals surface area contributed by atoms with Crippen molar-refractivity contribution in [2.45, 2.75) is 70.7 Å². The molecule has 1 aromatic heterocycles. The number of likely N-dealkylation sites (tertiary alicyclic amines) is 1. The Morgan fingerprint density at radius 1 is 1.14 bits per heavy atom. The van der Waals surface area contributed by atoms with Crippen molar-refractivity contribution in [1.29, 1.82) is 0 Å². The maximum Gasteiger partial charge on any atom is 0.410 e. The van der Waals surface area contributed by atoms with Crippen molar-refractivity contribution in [2.24, 2.45) is 11.3 Å². The van der Waals surface area contributed by atoms with Gasteiger partial charge >= 0.3 is 12.1 Å². The van der Waals surface area contributed by atoms with Crippen molar-refractivity contribution < 1.29 is 23.6 Å². The molecule has 36 heavy (non-hydrogen) atoms. The van der Waals surface area contributed by atoms with Crippen molar-refractivity contribution in [2.75, 3.05) is 19.6 Å². The van der Waals surface area contributed by atoms with Crippen LogP contribution in [0, 0.1) is 11.3 Å². The van der Waals surface area contributed by atoms with Crippen molar-refractivity contribution in [3.05, 3.63) is 59.5 Å². The number of carbonyl (C=O) groups excluding carboxylic acids is 2. The summed E-state index contributed by atoms with van der Waals surface area (Å²) < 4.78 is 11.4. The van der Waals surface area contributed by atoms with Crippen LogP contribution >= 0.6 is 0 Å². The minimum absolute atomic E-state index is 0.0127. The summed E-state index contributed by atoms with van der Waals surface area (Å²) in [5.41, 5.74) is 1.79. The number of hydroxylamine groups is 2. The normalized spacial score (nSPS) is 24.9. The average Bonchev–Trinajstić information content (AvgIpc) is 3.30. The molecule has 192 valence electrons. The summed E-state index contributed by atoms with van der Waals surface area (Å²) in [6.45, 7) is 8.10. The highest BCUT2D eigenvalue weighted by Crippen LogP contribution is 2.62. The van der Waals surface area contributed by atoms with E-state index < -0.39 is 5.60 Å². The van der Waals surface area contributed by atoms with Gasteiger partial charge in [-0.3, -0.25) is 4.84 Å². The molecular weight excluding hydrogens is 458 g/mol. The van der Waals surface area contributed by atoms with E-state index in [1.807, 2.05) is 62.3 Å². The molecule has 1 spiro atoms. The first-order valence-electron chi connectivity index (χ1n) is 13.0. The molecule has 1 saturated carbocycles. The highest BCUT2D eigenvalue weighted by Gasteiger charge is 2.63. The van der Waals surface area contributed by atoms with Gasteiger partial charge in [0.2, 0.25) is 0 Å². The molecule has 0 unspecified atom stereocenters. The lowest BCUT2D eigenvalue weighted by Gasteiger charge is -2.39. The van der Waals surface area contributed by atoms with Crippen LogP contribution in [0.3, 0.4) is 0 Å². The highest BCUT2D eigenvalue weighted by atomic mass is 16.7. The molecule has 4 fully saturated rings. The van der Waals surface area contributed by atoms with Gasteiger partial charge in [-0.25, -0.2) is 9.59 Å². The van der Waals surface area contributed by atoms with E-state index in [-0.39, 0.29) is 29.6 Å². The molecule has 0 N–H and O–H groups in total. The third-order valence-electron chi connectivity index (χ3n) is 8.03. The summed E-state index contributed by atoms with van der Waals surface area (Å²) in [6, 6.07) is 12.2. The lowest BCUT2D eigenvalue weighted by molar-refractivity contribution is -0.153. The molecule has 3 aliphatic heterocycles. The minimum atomic E-state index is -0.481. The zero-order valence-electron chi connectivity index (χ0n) is 21.3. The number of nitrogens with zero attached hydrogens (tertiary/aromatic N) is 3. The van der Waals surface area contributed by atoms with Gasteiger partial charge in [0.1, 0.15) is 18.0 Å².